The van der Waals surface area contributed by atoms with E-state index in [1.54, 1.807) is 0 Å². The number of urea groups is 1. The van der Waals surface area contributed by atoms with Gasteiger partial charge in [-0.1, -0.05) is 18.9 Å². The van der Waals surface area contributed by atoms with Crippen molar-refractivity contribution in [2.24, 2.45) is 5.92 Å². The molecule has 1 saturated carbocycles. The average Bonchev–Trinajstić information content (AvgIpc) is 3.39. The van der Waals surface area contributed by atoms with Crippen LogP contribution in [0.25, 0.3) is 0 Å². The van der Waals surface area contributed by atoms with E-state index in [4.69, 9.17) is 0 Å². The van der Waals surface area contributed by atoms with E-state index in [0.717, 1.165) is 31.6 Å². The summed E-state index contributed by atoms with van der Waals surface area (Å²) in [6.45, 7) is 2.49. The first kappa shape index (κ1) is 16.1. The first-order valence-corrected chi connectivity index (χ1v) is 8.80. The minimum Gasteiger partial charge on any atom is -0.391 e. The van der Waals surface area contributed by atoms with Crippen LogP contribution in [-0.4, -0.2) is 36.9 Å². The van der Waals surface area contributed by atoms with Crippen molar-refractivity contribution in [2.75, 3.05) is 29.9 Å². The summed E-state index contributed by atoms with van der Waals surface area (Å²) in [7, 11) is 0. The summed E-state index contributed by atoms with van der Waals surface area (Å²) in [5.41, 5.74) is 1.97. The lowest BCUT2D eigenvalue weighted by atomic mass is 10.2. The van der Waals surface area contributed by atoms with Gasteiger partial charge >= 0.3 is 6.03 Å². The molecule has 5 heteroatoms. The van der Waals surface area contributed by atoms with Gasteiger partial charge in [-0.3, -0.25) is 0 Å². The van der Waals surface area contributed by atoms with E-state index in [-0.39, 0.29) is 6.03 Å². The molecular weight excluding hydrogens is 290 g/mol. The zero-order valence-electron chi connectivity index (χ0n) is 13.6. The van der Waals surface area contributed by atoms with E-state index in [2.05, 4.69) is 21.6 Å². The summed E-state index contributed by atoms with van der Waals surface area (Å²) >= 11 is 0. The molecule has 23 heavy (non-hydrogen) atoms. The molecule has 0 aromatic heterocycles. The third-order valence-corrected chi connectivity index (χ3v) is 4.71. The van der Waals surface area contributed by atoms with Crippen LogP contribution in [0.1, 0.15) is 38.5 Å². The number of benzene rings is 1. The Morgan fingerprint density at radius 1 is 1.22 bits per heavy atom. The lowest BCUT2D eigenvalue weighted by Crippen LogP contribution is -2.36. The van der Waals surface area contributed by atoms with Gasteiger partial charge in [-0.2, -0.15) is 0 Å². The molecule has 2 amide bonds. The van der Waals surface area contributed by atoms with Gasteiger partial charge in [0.2, 0.25) is 0 Å². The van der Waals surface area contributed by atoms with Crippen molar-refractivity contribution in [3.05, 3.63) is 24.3 Å². The first-order chi connectivity index (χ1) is 11.2. The Kier molecular flexibility index (Phi) is 5.39. The van der Waals surface area contributed by atoms with Gasteiger partial charge in [0.25, 0.3) is 0 Å². The van der Waals surface area contributed by atoms with Crippen molar-refractivity contribution < 1.29 is 9.90 Å². The summed E-state index contributed by atoms with van der Waals surface area (Å²) in [5, 5.41) is 15.4. The van der Waals surface area contributed by atoms with Gasteiger partial charge in [-0.15, -0.1) is 0 Å². The quantitative estimate of drug-likeness (QED) is 0.782. The number of anilines is 2. The molecule has 1 aliphatic carbocycles. The number of carbonyl (C=O) groups excluding carboxylic acids is 1. The Balaban J connectivity index is 1.52. The molecule has 1 heterocycles. The maximum atomic E-state index is 12.0. The summed E-state index contributed by atoms with van der Waals surface area (Å²) in [5.74, 6) is 0.377. The second kappa shape index (κ2) is 7.68. The Bertz CT molecular complexity index is 523. The van der Waals surface area contributed by atoms with Crippen LogP contribution < -0.4 is 15.5 Å². The Labute approximate surface area is 138 Å². The molecule has 3 N–H and O–H groups in total. The van der Waals surface area contributed by atoms with Crippen molar-refractivity contribution in [3.8, 4) is 0 Å². The summed E-state index contributed by atoms with van der Waals surface area (Å²) in [6, 6.07) is 7.76. The molecule has 2 aliphatic rings. The van der Waals surface area contributed by atoms with Gasteiger partial charge in [0.05, 0.1) is 6.10 Å². The summed E-state index contributed by atoms with van der Waals surface area (Å²) < 4.78 is 0. The largest absolute Gasteiger partial charge is 0.391 e. The summed E-state index contributed by atoms with van der Waals surface area (Å²) in [4.78, 5) is 14.4. The number of nitrogens with zero attached hydrogens (tertiary/aromatic N) is 1. The predicted molar refractivity (Wildman–Crippen MR) is 92.9 cm³/mol. The molecule has 0 bridgehead atoms. The average molecular weight is 317 g/mol. The molecule has 126 valence electrons. The number of amides is 2. The van der Waals surface area contributed by atoms with E-state index < -0.39 is 6.10 Å². The molecule has 5 nitrogen and oxygen atoms in total. The minimum absolute atomic E-state index is 0.252. The van der Waals surface area contributed by atoms with Crippen molar-refractivity contribution in [3.63, 3.8) is 0 Å². The number of hydrogen-bond acceptors (Lipinski definition) is 3. The third-order valence-electron chi connectivity index (χ3n) is 4.71. The van der Waals surface area contributed by atoms with Crippen LogP contribution in [0.3, 0.4) is 0 Å². The van der Waals surface area contributed by atoms with E-state index in [9.17, 15) is 9.90 Å². The zero-order chi connectivity index (χ0) is 16.1. The molecule has 0 radical (unpaired) electrons. The SMILES string of the molecule is O=C(NC[C@H](O)C1CC1)Nc1cccc(N2CCCCCC2)c1. The van der Waals surface area contributed by atoms with Crippen LogP contribution in [0.2, 0.25) is 0 Å². The standard InChI is InChI=1S/C18H27N3O2/c22-17(14-8-9-14)13-19-18(23)20-15-6-5-7-16(12-15)21-10-3-1-2-4-11-21/h5-7,12,14,17,22H,1-4,8-11,13H2,(H2,19,20,23)/t17-/m0/s1. The number of nitrogens with one attached hydrogen (secondary N) is 2. The van der Waals surface area contributed by atoms with Gasteiger partial charge in [0, 0.05) is 31.0 Å². The molecule has 1 atom stereocenters. The second-order valence-electron chi connectivity index (χ2n) is 6.69. The van der Waals surface area contributed by atoms with Crippen LogP contribution in [0.5, 0.6) is 0 Å². The number of aliphatic hydroxyl groups is 1. The lowest BCUT2D eigenvalue weighted by molar-refractivity contribution is 0.150. The maximum Gasteiger partial charge on any atom is 0.319 e. The highest BCUT2D eigenvalue weighted by Gasteiger charge is 2.29. The zero-order valence-corrected chi connectivity index (χ0v) is 13.6. The van der Waals surface area contributed by atoms with Crippen LogP contribution in [-0.2, 0) is 0 Å². The van der Waals surface area contributed by atoms with Crippen LogP contribution in [0.4, 0.5) is 16.2 Å². The highest BCUT2D eigenvalue weighted by atomic mass is 16.3. The van der Waals surface area contributed by atoms with Crippen molar-refractivity contribution in [2.45, 2.75) is 44.6 Å². The van der Waals surface area contributed by atoms with Gasteiger partial charge in [0.1, 0.15) is 0 Å². The fourth-order valence-corrected chi connectivity index (χ4v) is 3.13. The van der Waals surface area contributed by atoms with Crippen molar-refractivity contribution in [1.82, 2.24) is 5.32 Å². The number of aliphatic hydroxyl groups excluding tert-OH is 1. The van der Waals surface area contributed by atoms with E-state index in [1.807, 2.05) is 18.2 Å². The smallest absolute Gasteiger partial charge is 0.319 e. The monoisotopic (exact) mass is 317 g/mol. The third kappa shape index (κ3) is 4.86. The van der Waals surface area contributed by atoms with Gasteiger partial charge in [-0.05, 0) is 49.8 Å². The maximum absolute atomic E-state index is 12.0. The summed E-state index contributed by atoms with van der Waals surface area (Å²) in [6.07, 6.45) is 6.81. The predicted octanol–water partition coefficient (Wildman–Crippen LogP) is 2.96. The first-order valence-electron chi connectivity index (χ1n) is 8.80. The fraction of sp³-hybridized carbons (Fsp3) is 0.611. The van der Waals surface area contributed by atoms with Gasteiger partial charge in [0.15, 0.2) is 0 Å². The van der Waals surface area contributed by atoms with E-state index >= 15 is 0 Å². The minimum atomic E-state index is -0.413. The molecular formula is C18H27N3O2. The van der Waals surface area contributed by atoms with Crippen molar-refractivity contribution in [1.29, 1.82) is 0 Å². The molecule has 1 saturated heterocycles. The normalized spacial score (nSPS) is 19.8. The van der Waals surface area contributed by atoms with Crippen LogP contribution in [0.15, 0.2) is 24.3 Å². The molecule has 1 aromatic carbocycles. The van der Waals surface area contributed by atoms with E-state index in [0.29, 0.717) is 12.5 Å². The molecule has 0 spiro atoms. The molecule has 1 aromatic rings. The second-order valence-corrected chi connectivity index (χ2v) is 6.69. The molecule has 2 fully saturated rings. The topological polar surface area (TPSA) is 64.6 Å². The van der Waals surface area contributed by atoms with Gasteiger partial charge < -0.3 is 20.6 Å². The number of carbonyl (C=O) groups is 1. The Morgan fingerprint density at radius 3 is 2.65 bits per heavy atom. The van der Waals surface area contributed by atoms with Crippen molar-refractivity contribution >= 4 is 17.4 Å². The van der Waals surface area contributed by atoms with Gasteiger partial charge in [-0.25, -0.2) is 4.79 Å². The Morgan fingerprint density at radius 2 is 1.96 bits per heavy atom. The number of rotatable bonds is 5. The Hall–Kier alpha value is -1.75. The molecule has 1 aliphatic heterocycles. The van der Waals surface area contributed by atoms with E-state index in [1.165, 1.54) is 31.4 Å². The fourth-order valence-electron chi connectivity index (χ4n) is 3.13. The highest BCUT2D eigenvalue weighted by Crippen LogP contribution is 2.32. The van der Waals surface area contributed by atoms with Crippen LogP contribution >= 0.6 is 0 Å². The highest BCUT2D eigenvalue weighted by molar-refractivity contribution is 5.89. The number of hydrogen-bond donors (Lipinski definition) is 3. The lowest BCUT2D eigenvalue weighted by Gasteiger charge is -2.23. The molecule has 0 unspecified atom stereocenters. The van der Waals surface area contributed by atoms with Crippen LogP contribution in [0, 0.1) is 5.92 Å². The molecule has 3 rings (SSSR count).